The number of hydrogen-bond donors (Lipinski definition) is 2. The first kappa shape index (κ1) is 20.4. The number of aryl methyl sites for hydroxylation is 1. The fourth-order valence-electron chi connectivity index (χ4n) is 4.12. The first-order valence-electron chi connectivity index (χ1n) is 10.6. The lowest BCUT2D eigenvalue weighted by atomic mass is 9.83. The molecule has 3 N–H and O–H groups in total. The second-order valence-electron chi connectivity index (χ2n) is 7.90. The van der Waals surface area contributed by atoms with E-state index in [0.29, 0.717) is 23.8 Å². The number of ether oxygens (including phenoxy) is 2. The summed E-state index contributed by atoms with van der Waals surface area (Å²) >= 11 is 0. The minimum atomic E-state index is -0.435. The van der Waals surface area contributed by atoms with Crippen LogP contribution < -0.4 is 15.2 Å². The molecule has 0 spiro atoms. The first-order valence-corrected chi connectivity index (χ1v) is 10.6. The Morgan fingerprint density at radius 1 is 1.06 bits per heavy atom. The summed E-state index contributed by atoms with van der Waals surface area (Å²) in [6, 6.07) is 28.0. The standard InChI is InChI=1S/C27H22N4O2/c1-17-8-5-6-11-20(17)16-32-21-13-7-12-19(14-21)23-22(15-28)26(29)33-27-24(23)25(30-31-27)18-9-3-2-4-10-18/h2-14,23H,16,29H2,1H3,(H,30,31)/t23-/m0/s1. The predicted molar refractivity (Wildman–Crippen MR) is 125 cm³/mol. The molecular formula is C27H22N4O2. The third-order valence-corrected chi connectivity index (χ3v) is 5.85. The van der Waals surface area contributed by atoms with Crippen molar-refractivity contribution in [2.75, 3.05) is 0 Å². The zero-order valence-electron chi connectivity index (χ0n) is 18.1. The summed E-state index contributed by atoms with van der Waals surface area (Å²) in [5, 5.41) is 17.3. The zero-order valence-corrected chi connectivity index (χ0v) is 18.1. The lowest BCUT2D eigenvalue weighted by Gasteiger charge is -2.24. The van der Waals surface area contributed by atoms with E-state index in [-0.39, 0.29) is 5.88 Å². The largest absolute Gasteiger partial charge is 0.489 e. The summed E-state index contributed by atoms with van der Waals surface area (Å²) in [4.78, 5) is 0. The molecule has 0 saturated heterocycles. The van der Waals surface area contributed by atoms with Gasteiger partial charge in [0, 0.05) is 0 Å². The summed E-state index contributed by atoms with van der Waals surface area (Å²) in [6.45, 7) is 2.52. The van der Waals surface area contributed by atoms with Gasteiger partial charge >= 0.3 is 0 Å². The number of H-pyrrole nitrogens is 1. The van der Waals surface area contributed by atoms with Gasteiger partial charge in [0.2, 0.25) is 11.8 Å². The summed E-state index contributed by atoms with van der Waals surface area (Å²) < 4.78 is 11.8. The van der Waals surface area contributed by atoms with Crippen molar-refractivity contribution in [2.45, 2.75) is 19.4 Å². The van der Waals surface area contributed by atoms with Crippen LogP contribution in [0.3, 0.4) is 0 Å². The van der Waals surface area contributed by atoms with Gasteiger partial charge in [-0.1, -0.05) is 66.7 Å². The molecule has 0 aliphatic carbocycles. The lowest BCUT2D eigenvalue weighted by molar-refractivity contribution is 0.305. The first-order chi connectivity index (χ1) is 16.2. The number of fused-ring (bicyclic) bond motifs is 1. The molecule has 0 saturated carbocycles. The number of hydrogen-bond acceptors (Lipinski definition) is 5. The molecule has 0 fully saturated rings. The van der Waals surface area contributed by atoms with Crippen LogP contribution in [0.2, 0.25) is 0 Å². The van der Waals surface area contributed by atoms with Gasteiger partial charge in [-0.15, -0.1) is 5.10 Å². The normalized spacial score (nSPS) is 14.8. The lowest BCUT2D eigenvalue weighted by Crippen LogP contribution is -2.21. The number of benzene rings is 3. The van der Waals surface area contributed by atoms with Crippen LogP contribution in [-0.2, 0) is 6.61 Å². The Balaban J connectivity index is 1.55. The van der Waals surface area contributed by atoms with Gasteiger partial charge in [-0.2, -0.15) is 5.26 Å². The Morgan fingerprint density at radius 3 is 2.64 bits per heavy atom. The molecule has 162 valence electrons. The molecule has 0 bridgehead atoms. The van der Waals surface area contributed by atoms with Gasteiger partial charge in [0.1, 0.15) is 24.0 Å². The topological polar surface area (TPSA) is 96.9 Å². The molecule has 2 heterocycles. The third kappa shape index (κ3) is 3.81. The highest BCUT2D eigenvalue weighted by Gasteiger charge is 2.35. The van der Waals surface area contributed by atoms with Crippen molar-refractivity contribution >= 4 is 0 Å². The van der Waals surface area contributed by atoms with Gasteiger partial charge in [0.25, 0.3) is 0 Å². The van der Waals surface area contributed by atoms with Crippen LogP contribution in [0, 0.1) is 18.3 Å². The van der Waals surface area contributed by atoms with Crippen LogP contribution in [0.25, 0.3) is 11.3 Å². The van der Waals surface area contributed by atoms with Gasteiger partial charge in [-0.3, -0.25) is 5.10 Å². The number of rotatable bonds is 5. The molecule has 1 aliphatic heterocycles. The molecule has 0 radical (unpaired) electrons. The van der Waals surface area contributed by atoms with E-state index in [0.717, 1.165) is 27.9 Å². The molecule has 33 heavy (non-hydrogen) atoms. The summed E-state index contributed by atoms with van der Waals surface area (Å²) in [5.41, 5.74) is 12.2. The number of allylic oxidation sites excluding steroid dienone is 1. The average Bonchev–Trinajstić information content (AvgIpc) is 3.26. The van der Waals surface area contributed by atoms with Crippen molar-refractivity contribution in [1.82, 2.24) is 10.2 Å². The fourth-order valence-corrected chi connectivity index (χ4v) is 4.12. The maximum atomic E-state index is 9.94. The Labute approximate surface area is 191 Å². The quantitative estimate of drug-likeness (QED) is 0.451. The molecule has 0 amide bonds. The van der Waals surface area contributed by atoms with E-state index in [2.05, 4.69) is 35.3 Å². The predicted octanol–water partition coefficient (Wildman–Crippen LogP) is 5.18. The highest BCUT2D eigenvalue weighted by molar-refractivity contribution is 5.70. The van der Waals surface area contributed by atoms with E-state index in [4.69, 9.17) is 15.2 Å². The minimum absolute atomic E-state index is 0.0624. The maximum Gasteiger partial charge on any atom is 0.244 e. The number of nitrogens with zero attached hydrogens (tertiary/aromatic N) is 2. The van der Waals surface area contributed by atoms with E-state index in [9.17, 15) is 5.26 Å². The Kier molecular flexibility index (Phi) is 5.29. The van der Waals surface area contributed by atoms with Gasteiger partial charge < -0.3 is 15.2 Å². The molecule has 1 atom stereocenters. The zero-order chi connectivity index (χ0) is 22.8. The van der Waals surface area contributed by atoms with E-state index < -0.39 is 5.92 Å². The van der Waals surface area contributed by atoms with Crippen LogP contribution in [0.15, 0.2) is 90.3 Å². The van der Waals surface area contributed by atoms with Crippen LogP contribution in [0.4, 0.5) is 0 Å². The molecule has 3 aromatic carbocycles. The van der Waals surface area contributed by atoms with Gasteiger partial charge in [-0.25, -0.2) is 0 Å². The van der Waals surface area contributed by atoms with Crippen LogP contribution >= 0.6 is 0 Å². The van der Waals surface area contributed by atoms with Crippen molar-refractivity contribution in [1.29, 1.82) is 5.26 Å². The van der Waals surface area contributed by atoms with Crippen molar-refractivity contribution < 1.29 is 9.47 Å². The third-order valence-electron chi connectivity index (χ3n) is 5.85. The van der Waals surface area contributed by atoms with E-state index in [1.165, 1.54) is 5.56 Å². The molecule has 6 nitrogen and oxygen atoms in total. The van der Waals surface area contributed by atoms with E-state index >= 15 is 0 Å². The Bertz CT molecular complexity index is 1380. The minimum Gasteiger partial charge on any atom is -0.489 e. The summed E-state index contributed by atoms with van der Waals surface area (Å²) in [6.07, 6.45) is 0. The smallest absolute Gasteiger partial charge is 0.244 e. The number of nitrogens with two attached hydrogens (primary N) is 1. The van der Waals surface area contributed by atoms with Gasteiger partial charge in [0.05, 0.1) is 17.2 Å². The maximum absolute atomic E-state index is 9.94. The molecule has 6 heteroatoms. The summed E-state index contributed by atoms with van der Waals surface area (Å²) in [7, 11) is 0. The van der Waals surface area contributed by atoms with Crippen LogP contribution in [0.5, 0.6) is 11.6 Å². The van der Waals surface area contributed by atoms with Crippen molar-refractivity contribution in [3.63, 3.8) is 0 Å². The van der Waals surface area contributed by atoms with Crippen molar-refractivity contribution in [2.24, 2.45) is 5.73 Å². The van der Waals surface area contributed by atoms with E-state index in [1.54, 1.807) is 0 Å². The number of nitriles is 1. The second kappa shape index (κ2) is 8.56. The molecule has 5 rings (SSSR count). The summed E-state index contributed by atoms with van der Waals surface area (Å²) in [5.74, 6) is 0.716. The molecule has 1 aliphatic rings. The highest BCUT2D eigenvalue weighted by atomic mass is 16.5. The second-order valence-corrected chi connectivity index (χ2v) is 7.90. The van der Waals surface area contributed by atoms with Crippen LogP contribution in [-0.4, -0.2) is 10.2 Å². The average molecular weight is 434 g/mol. The van der Waals surface area contributed by atoms with E-state index in [1.807, 2.05) is 66.7 Å². The Hall–Kier alpha value is -4.50. The SMILES string of the molecule is Cc1ccccc1COc1cccc([C@H]2C(C#N)=C(N)Oc3n[nH]c(-c4ccccc4)c32)c1. The molecule has 4 aromatic rings. The molecule has 1 aromatic heterocycles. The number of aromatic amines is 1. The molecular weight excluding hydrogens is 412 g/mol. The number of nitrogens with one attached hydrogen (secondary N) is 1. The van der Waals surface area contributed by atoms with Gasteiger partial charge in [-0.05, 0) is 41.3 Å². The van der Waals surface area contributed by atoms with Gasteiger partial charge in [0.15, 0.2) is 0 Å². The van der Waals surface area contributed by atoms with Crippen molar-refractivity contribution in [3.05, 3.63) is 113 Å². The van der Waals surface area contributed by atoms with Crippen molar-refractivity contribution in [3.8, 4) is 29.0 Å². The Morgan fingerprint density at radius 2 is 1.85 bits per heavy atom. The molecule has 0 unspecified atom stereocenters. The van der Waals surface area contributed by atoms with Crippen LogP contribution in [0.1, 0.15) is 28.2 Å². The highest BCUT2D eigenvalue weighted by Crippen LogP contribution is 2.46. The fraction of sp³-hybridized carbons (Fsp3) is 0.111. The number of aromatic nitrogens is 2. The monoisotopic (exact) mass is 434 g/mol.